The van der Waals surface area contributed by atoms with Crippen LogP contribution in [-0.4, -0.2) is 68.7 Å². The Morgan fingerprint density at radius 2 is 0.833 bits per heavy atom. The molecule has 0 bridgehead atoms. The third-order valence-corrected chi connectivity index (χ3v) is 0. The van der Waals surface area contributed by atoms with Crippen molar-refractivity contribution in [3.63, 3.8) is 0 Å². The molecule has 0 saturated carbocycles. The van der Waals surface area contributed by atoms with Gasteiger partial charge < -0.3 is 0 Å². The zero-order valence-electron chi connectivity index (χ0n) is 0.789. The van der Waals surface area contributed by atoms with E-state index in [2.05, 4.69) is 0 Å². The smallest absolute Gasteiger partial charge is 0.0149 e. The molecule has 0 spiro atoms. The first-order valence-electron chi connectivity index (χ1n) is 0. The maximum absolute atomic E-state index is 0. The van der Waals surface area contributed by atoms with E-state index in [1.54, 1.807) is 0 Å². The maximum atomic E-state index is 0. The Balaban J connectivity index is 0. The molecule has 0 unspecified atom stereocenters. The molecule has 0 aliphatic heterocycles. The molecule has 0 saturated heterocycles. The van der Waals surface area contributed by atoms with Gasteiger partial charge in [-0.3, -0.25) is 0 Å². The van der Waals surface area contributed by atoms with E-state index in [1.807, 2.05) is 0 Å². The molecule has 0 aromatic rings. The fourth-order valence-corrected chi connectivity index (χ4v) is 0. The van der Waals surface area contributed by atoms with Crippen LogP contribution in [0.5, 0.6) is 0 Å². The quantitative estimate of drug-likeness (QED) is 0.373. The fourth-order valence-electron chi connectivity index (χ4n) is 0. The average molecular weight is 377 g/mol. The van der Waals surface area contributed by atoms with Gasteiger partial charge in [0.2, 0.25) is 0 Å². The van der Waals surface area contributed by atoms with Crippen molar-refractivity contribution in [1.82, 2.24) is 0 Å². The molecular weight excluding hydrogens is 365 g/mol. The summed E-state index contributed by atoms with van der Waals surface area (Å²) >= 11 is 0. The summed E-state index contributed by atoms with van der Waals surface area (Å²) in [4.78, 5) is 0. The Morgan fingerprint density at radius 1 is 0.833 bits per heavy atom. The summed E-state index contributed by atoms with van der Waals surface area (Å²) in [5.74, 6) is 0. The van der Waals surface area contributed by atoms with Crippen molar-refractivity contribution < 1.29 is 63.5 Å². The van der Waals surface area contributed by atoms with Gasteiger partial charge in [-0.15, -0.1) is 0 Å². The van der Waals surface area contributed by atoms with Crippen molar-refractivity contribution in [2.24, 2.45) is 0 Å². The van der Waals surface area contributed by atoms with Crippen LogP contribution < -0.4 is 0 Å². The second kappa shape index (κ2) is 35.2. The normalized spacial score (nSPS) is 0. The molecule has 0 radical (unpaired) electrons. The minimum Gasteiger partial charge on any atom is -0.0149 e. The van der Waals surface area contributed by atoms with E-state index >= 15 is 0 Å². The molecule has 0 atom stereocenters. The van der Waals surface area contributed by atoms with Gasteiger partial charge in [0.1, 0.15) is 0 Å². The topological polar surface area (TPSA) is 0 Å². The SMILES string of the molecule is [AlH3].[AlH3].[Er].[MgH2].[SiH4].[Zr]. The van der Waals surface area contributed by atoms with E-state index in [0.29, 0.717) is 0 Å². The maximum Gasteiger partial charge on any atom is 0.316 e. The monoisotopic (exact) mass is 374 g/mol. The molecule has 0 aromatic heterocycles. The Kier molecular flexibility index (Phi) is 288. The van der Waals surface area contributed by atoms with Gasteiger partial charge in [0.25, 0.3) is 0 Å². The third kappa shape index (κ3) is 24.1. The van der Waals surface area contributed by atoms with Crippen LogP contribution in [0.25, 0.3) is 0 Å². The van der Waals surface area contributed by atoms with Crippen LogP contribution in [0.3, 0.4) is 0 Å². The van der Waals surface area contributed by atoms with Gasteiger partial charge in [0.15, 0.2) is 34.7 Å². The average Bonchev–Trinajstić information content (AvgIpc) is 0. The van der Waals surface area contributed by atoms with Gasteiger partial charge in [-0.05, 0) is 11.0 Å². The second-order valence-electron chi connectivity index (χ2n) is 0. The largest absolute Gasteiger partial charge is 0.316 e. The molecule has 0 amide bonds. The van der Waals surface area contributed by atoms with Crippen LogP contribution in [0.4, 0.5) is 0 Å². The molecule has 40 valence electrons. The predicted octanol–water partition coefficient (Wildman–Crippen LogP) is -4.74. The number of hydrogen-bond donors (Lipinski definition) is 0. The molecule has 6 heavy (non-hydrogen) atoms. The minimum absolute atomic E-state index is 0. The fraction of sp³-hybridized carbons (Fsp3) is 0. The van der Waals surface area contributed by atoms with Crippen LogP contribution in [0.1, 0.15) is 0 Å². The molecule has 0 aliphatic carbocycles. The Hall–Kier alpha value is 4.18. The molecule has 0 aliphatic rings. The van der Waals surface area contributed by atoms with Crippen molar-refractivity contribution in [3.8, 4) is 0 Å². The van der Waals surface area contributed by atoms with E-state index in [0.717, 1.165) is 0 Å². The van der Waals surface area contributed by atoms with Crippen molar-refractivity contribution in [3.05, 3.63) is 0 Å². The zero-order chi connectivity index (χ0) is 0. The molecule has 0 rings (SSSR count). The van der Waals surface area contributed by atoms with Gasteiger partial charge in [-0.25, -0.2) is 0 Å². The third-order valence-electron chi connectivity index (χ3n) is 0. The minimum atomic E-state index is 0. The Morgan fingerprint density at radius 3 is 0.833 bits per heavy atom. The first-order chi connectivity index (χ1) is 0. The Labute approximate surface area is 129 Å². The summed E-state index contributed by atoms with van der Waals surface area (Å²) in [7, 11) is 0. The molecule has 6 heteroatoms. The van der Waals surface area contributed by atoms with Crippen LogP contribution in [0, 0.1) is 37.3 Å². The Bertz CT molecular complexity index is 13.5. The molecule has 0 aromatic carbocycles. The standard InChI is InChI=1S/2Al.Er.Mg.H4Si.Zr.8H/h;;;;1H4;;;;;;;;;. The number of hydrogen-bond acceptors (Lipinski definition) is 0. The van der Waals surface area contributed by atoms with Gasteiger partial charge in [-0.2, -0.15) is 0 Å². The number of rotatable bonds is 0. The second-order valence-corrected chi connectivity index (χ2v) is 0. The van der Waals surface area contributed by atoms with Gasteiger partial charge in [0.05, 0.1) is 0 Å². The van der Waals surface area contributed by atoms with Gasteiger partial charge in [0, 0.05) is 63.5 Å². The zero-order valence-corrected chi connectivity index (χ0v) is 5.10. The van der Waals surface area contributed by atoms with E-state index in [4.69, 9.17) is 0 Å². The summed E-state index contributed by atoms with van der Waals surface area (Å²) in [5.41, 5.74) is 0. The van der Waals surface area contributed by atoms with Crippen LogP contribution in [0.2, 0.25) is 0 Å². The molecular formula is H12Al2ErMgSiZr. The first-order valence-corrected chi connectivity index (χ1v) is 0. The van der Waals surface area contributed by atoms with Gasteiger partial charge >= 0.3 is 23.1 Å². The summed E-state index contributed by atoms with van der Waals surface area (Å²) in [6, 6.07) is 0. The summed E-state index contributed by atoms with van der Waals surface area (Å²) in [6.45, 7) is 0. The van der Waals surface area contributed by atoms with E-state index in [1.165, 1.54) is 0 Å². The summed E-state index contributed by atoms with van der Waals surface area (Å²) in [5, 5.41) is 0. The van der Waals surface area contributed by atoms with Crippen LogP contribution in [-0.2, 0) is 26.2 Å². The predicted molar refractivity (Wildman–Crippen MR) is 39.8 cm³/mol. The summed E-state index contributed by atoms with van der Waals surface area (Å²) in [6.07, 6.45) is 0. The van der Waals surface area contributed by atoms with Crippen molar-refractivity contribution in [2.75, 3.05) is 0 Å². The molecule has 0 nitrogen and oxygen atoms in total. The van der Waals surface area contributed by atoms with E-state index in [-0.39, 0.29) is 132 Å². The van der Waals surface area contributed by atoms with Crippen molar-refractivity contribution in [1.29, 1.82) is 0 Å². The van der Waals surface area contributed by atoms with Crippen LogP contribution >= 0.6 is 0 Å². The van der Waals surface area contributed by atoms with E-state index in [9.17, 15) is 0 Å². The van der Waals surface area contributed by atoms with Crippen LogP contribution in [0.15, 0.2) is 0 Å². The van der Waals surface area contributed by atoms with Crippen molar-refractivity contribution >= 4 is 68.7 Å². The molecule has 0 fully saturated rings. The molecule has 0 N–H and O–H groups in total. The van der Waals surface area contributed by atoms with Gasteiger partial charge in [-0.1, -0.05) is 0 Å². The summed E-state index contributed by atoms with van der Waals surface area (Å²) < 4.78 is 0. The van der Waals surface area contributed by atoms with Crippen molar-refractivity contribution in [2.45, 2.75) is 0 Å². The first kappa shape index (κ1) is 49.1. The molecule has 0 heterocycles. The van der Waals surface area contributed by atoms with E-state index < -0.39 is 0 Å².